The summed E-state index contributed by atoms with van der Waals surface area (Å²) in [6.07, 6.45) is 5.00. The van der Waals surface area contributed by atoms with Gasteiger partial charge in [0.15, 0.2) is 0 Å². The number of hydrogen-bond donors (Lipinski definition) is 2. The maximum atomic E-state index is 12.8. The Labute approximate surface area is 218 Å². The lowest BCUT2D eigenvalue weighted by Gasteiger charge is -2.36. The molecule has 0 aromatic heterocycles. The van der Waals surface area contributed by atoms with Gasteiger partial charge in [0.2, 0.25) is 5.91 Å². The smallest absolute Gasteiger partial charge is 0.225 e. The van der Waals surface area contributed by atoms with Gasteiger partial charge in [0, 0.05) is 49.2 Å². The number of hydrogen-bond acceptors (Lipinski definition) is 4. The van der Waals surface area contributed by atoms with Crippen molar-refractivity contribution in [3.8, 4) is 0 Å². The summed E-state index contributed by atoms with van der Waals surface area (Å²) in [4.78, 5) is 17.9. The number of rotatable bonds is 12. The highest BCUT2D eigenvalue weighted by atomic mass is 32.1. The molecular formula is C30H45N3OS. The van der Waals surface area contributed by atoms with Crippen LogP contribution in [0.2, 0.25) is 0 Å². The van der Waals surface area contributed by atoms with E-state index in [1.165, 1.54) is 36.2 Å². The number of anilines is 2. The van der Waals surface area contributed by atoms with Crippen LogP contribution in [-0.4, -0.2) is 48.8 Å². The minimum absolute atomic E-state index is 0.0799. The number of para-hydroxylation sites is 2. The van der Waals surface area contributed by atoms with Crippen LogP contribution in [0.25, 0.3) is 0 Å². The first-order chi connectivity index (χ1) is 16.8. The predicted molar refractivity (Wildman–Crippen MR) is 154 cm³/mol. The number of nitrogens with one attached hydrogen (secondary N) is 1. The molecule has 1 aliphatic heterocycles. The molecule has 0 spiro atoms. The number of amides is 1. The highest BCUT2D eigenvalue weighted by Crippen LogP contribution is 2.32. The molecule has 0 radical (unpaired) electrons. The van der Waals surface area contributed by atoms with E-state index < -0.39 is 0 Å². The fourth-order valence-electron chi connectivity index (χ4n) is 4.96. The van der Waals surface area contributed by atoms with E-state index in [0.717, 1.165) is 44.7 Å². The van der Waals surface area contributed by atoms with Crippen molar-refractivity contribution in [3.63, 3.8) is 0 Å². The summed E-state index contributed by atoms with van der Waals surface area (Å²) in [5.74, 6) is 0.825. The van der Waals surface area contributed by atoms with Crippen molar-refractivity contribution < 1.29 is 4.79 Å². The third-order valence-electron chi connectivity index (χ3n) is 7.06. The summed E-state index contributed by atoms with van der Waals surface area (Å²) in [6.45, 7) is 14.4. The third kappa shape index (κ3) is 8.57. The van der Waals surface area contributed by atoms with Crippen molar-refractivity contribution in [2.45, 2.75) is 76.9 Å². The third-order valence-corrected chi connectivity index (χ3v) is 7.50. The van der Waals surface area contributed by atoms with E-state index in [1.807, 2.05) is 0 Å². The van der Waals surface area contributed by atoms with E-state index in [-0.39, 0.29) is 11.2 Å². The van der Waals surface area contributed by atoms with E-state index in [1.54, 1.807) is 0 Å². The summed E-state index contributed by atoms with van der Waals surface area (Å²) in [5.41, 5.74) is 4.77. The van der Waals surface area contributed by atoms with Crippen LogP contribution in [0.3, 0.4) is 0 Å². The summed E-state index contributed by atoms with van der Waals surface area (Å²) >= 11 is 4.74. The molecule has 3 rings (SSSR count). The van der Waals surface area contributed by atoms with Crippen molar-refractivity contribution in [3.05, 3.63) is 59.7 Å². The lowest BCUT2D eigenvalue weighted by molar-refractivity contribution is -0.116. The summed E-state index contributed by atoms with van der Waals surface area (Å²) in [7, 11) is 0. The number of carbonyl (C=O) groups excluding carboxylic acids is 1. The SMILES string of the molecule is CC(C)c1cccc(C(C)C)c1NC(=O)CC(S)CCCCCN1CCN(c2ccccc2)CC1. The Balaban J connectivity index is 1.33. The molecule has 1 N–H and O–H groups in total. The van der Waals surface area contributed by atoms with Gasteiger partial charge in [-0.1, -0.05) is 76.9 Å². The molecule has 1 amide bonds. The first-order valence-corrected chi connectivity index (χ1v) is 14.0. The van der Waals surface area contributed by atoms with Gasteiger partial charge < -0.3 is 10.2 Å². The molecule has 2 aromatic rings. The molecule has 1 unspecified atom stereocenters. The number of unbranched alkanes of at least 4 members (excludes halogenated alkanes) is 2. The van der Waals surface area contributed by atoms with Crippen LogP contribution in [0.4, 0.5) is 11.4 Å². The van der Waals surface area contributed by atoms with Crippen LogP contribution in [0.5, 0.6) is 0 Å². The maximum Gasteiger partial charge on any atom is 0.225 e. The van der Waals surface area contributed by atoms with Crippen LogP contribution >= 0.6 is 12.6 Å². The predicted octanol–water partition coefficient (Wildman–Crippen LogP) is 6.94. The van der Waals surface area contributed by atoms with Gasteiger partial charge in [-0.25, -0.2) is 0 Å². The molecule has 1 aliphatic rings. The van der Waals surface area contributed by atoms with E-state index in [0.29, 0.717) is 18.3 Å². The lowest BCUT2D eigenvalue weighted by Crippen LogP contribution is -2.46. The fraction of sp³-hybridized carbons (Fsp3) is 0.567. The average Bonchev–Trinajstić information content (AvgIpc) is 2.84. The summed E-state index contributed by atoms with van der Waals surface area (Å²) < 4.78 is 0. The van der Waals surface area contributed by atoms with Crippen molar-refractivity contribution in [1.82, 2.24) is 4.90 Å². The summed E-state index contributed by atoms with van der Waals surface area (Å²) in [6, 6.07) is 17.1. The monoisotopic (exact) mass is 495 g/mol. The topological polar surface area (TPSA) is 35.6 Å². The van der Waals surface area contributed by atoms with Gasteiger partial charge in [0.05, 0.1) is 0 Å². The molecule has 1 heterocycles. The number of benzene rings is 2. The minimum Gasteiger partial charge on any atom is -0.369 e. The highest BCUT2D eigenvalue weighted by molar-refractivity contribution is 7.81. The van der Waals surface area contributed by atoms with Crippen molar-refractivity contribution in [2.24, 2.45) is 0 Å². The first-order valence-electron chi connectivity index (χ1n) is 13.5. The maximum absolute atomic E-state index is 12.8. The van der Waals surface area contributed by atoms with Crippen LogP contribution < -0.4 is 10.2 Å². The Morgan fingerprint density at radius 2 is 1.49 bits per heavy atom. The Morgan fingerprint density at radius 1 is 0.857 bits per heavy atom. The minimum atomic E-state index is 0.0799. The Morgan fingerprint density at radius 3 is 2.09 bits per heavy atom. The molecule has 35 heavy (non-hydrogen) atoms. The second-order valence-electron chi connectivity index (χ2n) is 10.5. The molecule has 0 saturated carbocycles. The van der Waals surface area contributed by atoms with Gasteiger partial charge in [-0.05, 0) is 54.5 Å². The van der Waals surface area contributed by atoms with Gasteiger partial charge in [0.1, 0.15) is 0 Å². The molecular weight excluding hydrogens is 450 g/mol. The molecule has 1 saturated heterocycles. The number of carbonyl (C=O) groups is 1. The normalized spacial score (nSPS) is 15.6. The second kappa shape index (κ2) is 13.9. The Kier molecular flexibility index (Phi) is 11.0. The molecule has 1 atom stereocenters. The van der Waals surface area contributed by atoms with E-state index in [9.17, 15) is 4.79 Å². The largest absolute Gasteiger partial charge is 0.369 e. The number of thiol groups is 1. The number of nitrogens with zero attached hydrogens (tertiary/aromatic N) is 2. The standard InChI is InChI=1S/C30H45N3OS/c1-23(2)27-15-11-16-28(24(3)4)30(27)31-29(34)22-26(35)14-9-6-10-17-32-18-20-33(21-19-32)25-12-7-5-8-13-25/h5,7-8,11-13,15-16,23-24,26,35H,6,9-10,14,17-22H2,1-4H3,(H,31,34). The van der Waals surface area contributed by atoms with Gasteiger partial charge in [-0.15, -0.1) is 0 Å². The molecule has 0 bridgehead atoms. The molecule has 192 valence electrons. The molecule has 1 fully saturated rings. The molecule has 4 nitrogen and oxygen atoms in total. The van der Waals surface area contributed by atoms with E-state index in [4.69, 9.17) is 12.6 Å². The highest BCUT2D eigenvalue weighted by Gasteiger charge is 2.18. The van der Waals surface area contributed by atoms with Crippen LogP contribution in [0.1, 0.15) is 82.8 Å². The van der Waals surface area contributed by atoms with Crippen LogP contribution in [0.15, 0.2) is 48.5 Å². The van der Waals surface area contributed by atoms with Crippen molar-refractivity contribution in [2.75, 3.05) is 42.9 Å². The summed E-state index contributed by atoms with van der Waals surface area (Å²) in [5, 5.41) is 3.34. The Hall–Kier alpha value is -1.98. The zero-order valence-corrected chi connectivity index (χ0v) is 23.1. The van der Waals surface area contributed by atoms with E-state index in [2.05, 4.69) is 91.3 Å². The van der Waals surface area contributed by atoms with Gasteiger partial charge in [-0.2, -0.15) is 12.6 Å². The fourth-order valence-corrected chi connectivity index (χ4v) is 5.31. The van der Waals surface area contributed by atoms with Crippen molar-refractivity contribution in [1.29, 1.82) is 0 Å². The van der Waals surface area contributed by atoms with Crippen LogP contribution in [-0.2, 0) is 4.79 Å². The first kappa shape index (κ1) is 27.6. The van der Waals surface area contributed by atoms with E-state index >= 15 is 0 Å². The van der Waals surface area contributed by atoms with Gasteiger partial charge in [-0.3, -0.25) is 9.69 Å². The molecule has 5 heteroatoms. The quantitative estimate of drug-likeness (QED) is 0.247. The zero-order chi connectivity index (χ0) is 25.2. The van der Waals surface area contributed by atoms with Crippen molar-refractivity contribution >= 4 is 29.9 Å². The molecule has 0 aliphatic carbocycles. The Bertz CT molecular complexity index is 881. The van der Waals surface area contributed by atoms with Gasteiger partial charge >= 0.3 is 0 Å². The second-order valence-corrected chi connectivity index (χ2v) is 11.3. The van der Waals surface area contributed by atoms with Gasteiger partial charge in [0.25, 0.3) is 0 Å². The average molecular weight is 496 g/mol. The zero-order valence-electron chi connectivity index (χ0n) is 22.2. The lowest BCUT2D eigenvalue weighted by atomic mass is 9.92. The van der Waals surface area contributed by atoms with Crippen LogP contribution in [0, 0.1) is 0 Å². The molecule has 2 aromatic carbocycles. The number of piperazine rings is 1.